The van der Waals surface area contributed by atoms with Crippen LogP contribution in [0.5, 0.6) is 0 Å². The molecule has 2 N–H and O–H groups in total. The van der Waals surface area contributed by atoms with Gasteiger partial charge in [-0.1, -0.05) is 19.9 Å². The molecular formula is C24H28N4. The number of nitrogens with one attached hydrogen (secondary N) is 2. The van der Waals surface area contributed by atoms with Crippen molar-refractivity contribution in [2.45, 2.75) is 40.5 Å². The lowest BCUT2D eigenvalue weighted by Gasteiger charge is -1.90. The van der Waals surface area contributed by atoms with Gasteiger partial charge in [0.15, 0.2) is 0 Å². The smallest absolute Gasteiger partial charge is 0.0658 e. The van der Waals surface area contributed by atoms with Crippen molar-refractivity contribution in [1.82, 2.24) is 9.97 Å². The Labute approximate surface area is 166 Å². The summed E-state index contributed by atoms with van der Waals surface area (Å²) in [6.45, 7) is 8.09. The molecule has 28 heavy (non-hydrogen) atoms. The minimum Gasteiger partial charge on any atom is -0.359 e. The summed E-state index contributed by atoms with van der Waals surface area (Å²) in [4.78, 5) is 16.0. The van der Waals surface area contributed by atoms with Crippen LogP contribution in [0.15, 0.2) is 63.9 Å². The Hall–Kier alpha value is -3.14. The molecule has 4 rings (SSSR count). The first kappa shape index (κ1) is 19.6. The number of nitrogens with zero attached hydrogens (tertiary/aromatic N) is 2. The van der Waals surface area contributed by atoms with Crippen molar-refractivity contribution >= 4 is 29.7 Å². The Morgan fingerprint density at radius 3 is 2.32 bits per heavy atom. The molecule has 144 valence electrons. The summed E-state index contributed by atoms with van der Waals surface area (Å²) in [5, 5.41) is 2.12. The summed E-state index contributed by atoms with van der Waals surface area (Å²) < 4.78 is 0. The number of hydrogen-bond donors (Lipinski definition) is 2. The van der Waals surface area contributed by atoms with Gasteiger partial charge in [-0.25, -0.2) is 4.99 Å². The van der Waals surface area contributed by atoms with Gasteiger partial charge >= 0.3 is 0 Å². The first-order valence-electron chi connectivity index (χ1n) is 9.93. The van der Waals surface area contributed by atoms with Gasteiger partial charge < -0.3 is 9.97 Å². The van der Waals surface area contributed by atoms with Crippen LogP contribution in [-0.2, 0) is 0 Å². The van der Waals surface area contributed by atoms with Crippen LogP contribution in [0.4, 0.5) is 0 Å². The number of aliphatic imine (C=N–C) groups is 2. The van der Waals surface area contributed by atoms with Crippen molar-refractivity contribution in [3.05, 3.63) is 76.0 Å². The molecule has 0 atom stereocenters. The van der Waals surface area contributed by atoms with E-state index in [0.29, 0.717) is 0 Å². The first-order chi connectivity index (χ1) is 13.7. The second-order valence-corrected chi connectivity index (χ2v) is 6.58. The number of rotatable bonds is 3. The number of aromatic nitrogens is 2. The van der Waals surface area contributed by atoms with Crippen LogP contribution in [0, 0.1) is 6.92 Å². The van der Waals surface area contributed by atoms with E-state index in [1.807, 2.05) is 39.8 Å². The van der Waals surface area contributed by atoms with E-state index >= 15 is 0 Å². The van der Waals surface area contributed by atoms with Crippen LogP contribution in [0.25, 0.3) is 18.2 Å². The summed E-state index contributed by atoms with van der Waals surface area (Å²) in [5.74, 6) is 0. The Balaban J connectivity index is 0.00000109. The molecule has 2 aromatic heterocycles. The molecule has 0 fully saturated rings. The van der Waals surface area contributed by atoms with Gasteiger partial charge in [0.2, 0.25) is 0 Å². The number of aromatic amines is 2. The van der Waals surface area contributed by atoms with E-state index in [1.165, 1.54) is 5.70 Å². The molecule has 2 aliphatic heterocycles. The molecule has 4 heteroatoms. The summed E-state index contributed by atoms with van der Waals surface area (Å²) in [6, 6.07) is 8.28. The molecule has 0 amide bonds. The molecule has 0 saturated carbocycles. The molecule has 4 nitrogen and oxygen atoms in total. The third-order valence-electron chi connectivity index (χ3n) is 4.46. The van der Waals surface area contributed by atoms with Crippen molar-refractivity contribution in [2.75, 3.05) is 0 Å². The Morgan fingerprint density at radius 2 is 1.64 bits per heavy atom. The highest BCUT2D eigenvalue weighted by Gasteiger charge is 2.07. The van der Waals surface area contributed by atoms with Crippen LogP contribution in [0.3, 0.4) is 0 Å². The number of hydrogen-bond acceptors (Lipinski definition) is 2. The topological polar surface area (TPSA) is 56.3 Å². The van der Waals surface area contributed by atoms with Gasteiger partial charge in [-0.3, -0.25) is 4.99 Å². The molecule has 0 bridgehead atoms. The molecule has 0 saturated heterocycles. The van der Waals surface area contributed by atoms with Gasteiger partial charge in [-0.2, -0.15) is 0 Å². The number of aryl methyl sites for hydroxylation is 1. The van der Waals surface area contributed by atoms with E-state index in [2.05, 4.69) is 68.5 Å². The largest absolute Gasteiger partial charge is 0.359 e. The lowest BCUT2D eigenvalue weighted by Crippen LogP contribution is -2.12. The van der Waals surface area contributed by atoms with E-state index < -0.39 is 0 Å². The summed E-state index contributed by atoms with van der Waals surface area (Å²) in [7, 11) is 0. The monoisotopic (exact) mass is 372 g/mol. The van der Waals surface area contributed by atoms with Crippen LogP contribution >= 0.6 is 0 Å². The van der Waals surface area contributed by atoms with E-state index in [1.54, 1.807) is 0 Å². The van der Waals surface area contributed by atoms with E-state index in [4.69, 9.17) is 0 Å². The van der Waals surface area contributed by atoms with Crippen molar-refractivity contribution in [1.29, 1.82) is 0 Å². The molecule has 0 aromatic carbocycles. The van der Waals surface area contributed by atoms with E-state index in [0.717, 1.165) is 52.0 Å². The maximum Gasteiger partial charge on any atom is 0.0658 e. The maximum absolute atomic E-state index is 4.65. The fourth-order valence-electron chi connectivity index (χ4n) is 3.13. The van der Waals surface area contributed by atoms with Crippen LogP contribution in [0.1, 0.15) is 45.0 Å². The lowest BCUT2D eigenvalue weighted by atomic mass is 10.2. The fourth-order valence-corrected chi connectivity index (χ4v) is 3.13. The van der Waals surface area contributed by atoms with Crippen LogP contribution in [-0.4, -0.2) is 21.4 Å². The fraction of sp³-hybridized carbons (Fsp3) is 0.250. The molecule has 0 radical (unpaired) electrons. The molecule has 0 unspecified atom stereocenters. The van der Waals surface area contributed by atoms with Crippen molar-refractivity contribution < 1.29 is 0 Å². The Bertz CT molecular complexity index is 1100. The predicted octanol–water partition coefficient (Wildman–Crippen LogP) is 4.43. The molecule has 2 aliphatic rings. The Morgan fingerprint density at radius 1 is 0.857 bits per heavy atom. The van der Waals surface area contributed by atoms with Gasteiger partial charge in [0.1, 0.15) is 0 Å². The van der Waals surface area contributed by atoms with Crippen LogP contribution < -0.4 is 10.7 Å². The highest BCUT2D eigenvalue weighted by molar-refractivity contribution is 6.19. The first-order valence-corrected chi connectivity index (χ1v) is 9.93. The molecule has 2 aromatic rings. The van der Waals surface area contributed by atoms with Crippen molar-refractivity contribution in [2.24, 2.45) is 9.98 Å². The second kappa shape index (κ2) is 9.18. The summed E-state index contributed by atoms with van der Waals surface area (Å²) in [6.07, 6.45) is 14.4. The highest BCUT2D eigenvalue weighted by atomic mass is 14.8. The van der Waals surface area contributed by atoms with Gasteiger partial charge in [-0.05, 0) is 81.3 Å². The quantitative estimate of drug-likeness (QED) is 0.801. The normalized spacial score (nSPS) is 20.0. The molecular weight excluding hydrogens is 344 g/mol. The molecule has 4 heterocycles. The van der Waals surface area contributed by atoms with E-state index in [9.17, 15) is 0 Å². The minimum absolute atomic E-state index is 0.947. The van der Waals surface area contributed by atoms with Crippen molar-refractivity contribution in [3.8, 4) is 0 Å². The Kier molecular flexibility index (Phi) is 6.43. The summed E-state index contributed by atoms with van der Waals surface area (Å²) in [5.41, 5.74) is 6.44. The second-order valence-electron chi connectivity index (χ2n) is 6.58. The average molecular weight is 373 g/mol. The third kappa shape index (κ3) is 4.97. The molecule has 0 aliphatic carbocycles. The number of allylic oxidation sites excluding steroid dienone is 4. The minimum atomic E-state index is 0.947. The number of H-pyrrole nitrogens is 2. The van der Waals surface area contributed by atoms with Gasteiger partial charge in [0, 0.05) is 33.5 Å². The summed E-state index contributed by atoms with van der Waals surface area (Å²) >= 11 is 0. The lowest BCUT2D eigenvalue weighted by molar-refractivity contribution is 1.06. The predicted molar refractivity (Wildman–Crippen MR) is 121 cm³/mol. The zero-order chi connectivity index (χ0) is 19.9. The van der Waals surface area contributed by atoms with Crippen molar-refractivity contribution in [3.63, 3.8) is 0 Å². The zero-order valence-electron chi connectivity index (χ0n) is 17.1. The molecule has 0 spiro atoms. The SMILES string of the molecule is C/C=C1/CCC(/C=c2/cc/c(=C/C3=NC(=C\c4ccc(C)[nH]4)/C=C3)[nH]2)=N1.CC. The zero-order valence-corrected chi connectivity index (χ0v) is 17.1. The van der Waals surface area contributed by atoms with Gasteiger partial charge in [-0.15, -0.1) is 0 Å². The third-order valence-corrected chi connectivity index (χ3v) is 4.46. The average Bonchev–Trinajstić information content (AvgIpc) is 3.48. The maximum atomic E-state index is 4.65. The van der Waals surface area contributed by atoms with Crippen LogP contribution in [0.2, 0.25) is 0 Å². The van der Waals surface area contributed by atoms with E-state index in [-0.39, 0.29) is 0 Å². The highest BCUT2D eigenvalue weighted by Crippen LogP contribution is 2.17. The van der Waals surface area contributed by atoms with Gasteiger partial charge in [0.25, 0.3) is 0 Å². The standard InChI is InChI=1S/C22H22N4.C2H6/c1-3-16-6-7-18(24-16)13-20-10-11-22(26-20)14-21-9-8-19(25-21)12-17-5-4-15(2)23-17;1-2/h3-5,8-14,23,26H,6-7H2,1-2H3;1-2H3/b16-3-,19-12-,20-13-,22-14-;. The van der Waals surface area contributed by atoms with Gasteiger partial charge in [0.05, 0.1) is 11.4 Å².